The maximum absolute atomic E-state index is 14.0. The number of nitrogens with one attached hydrogen (secondary N) is 1. The van der Waals surface area contributed by atoms with E-state index in [4.69, 9.17) is 5.73 Å². The SMILES string of the molecule is Cc1c(C(N)=O)sc2ncnc(Nc3ccc(F)cc3CCCC3CC[C@@H](O)[C@H]3O)c12. The molecule has 2 aromatic heterocycles. The zero-order valence-electron chi connectivity index (χ0n) is 17.1. The maximum Gasteiger partial charge on any atom is 0.259 e. The van der Waals surface area contributed by atoms with Crippen molar-refractivity contribution < 1.29 is 19.4 Å². The minimum atomic E-state index is -0.680. The summed E-state index contributed by atoms with van der Waals surface area (Å²) in [4.78, 5) is 21.4. The standard InChI is InChI=1S/C22H25FN4O3S/c1-11-17-21(25-10-26-22(17)31-19(11)20(24)30)27-15-7-6-14(23)9-13(15)4-2-3-12-5-8-16(28)18(12)29/h6-7,9-10,12,16,18,28-29H,2-5,8H2,1H3,(H2,24,30)(H,25,26,27)/t12?,16-,18+/m1/s1. The lowest BCUT2D eigenvalue weighted by Gasteiger charge is -2.17. The minimum absolute atomic E-state index is 0.0714. The fraction of sp³-hybridized carbons (Fsp3) is 0.409. The Hall–Kier alpha value is -2.62. The highest BCUT2D eigenvalue weighted by atomic mass is 32.1. The van der Waals surface area contributed by atoms with E-state index in [1.165, 1.54) is 29.8 Å². The Bertz CT molecular complexity index is 1120. The second-order valence-electron chi connectivity index (χ2n) is 8.04. The van der Waals surface area contributed by atoms with Crippen molar-refractivity contribution in [1.82, 2.24) is 9.97 Å². The fourth-order valence-corrected chi connectivity index (χ4v) is 5.33. The van der Waals surface area contributed by atoms with Crippen molar-refractivity contribution in [2.24, 2.45) is 11.7 Å². The third-order valence-corrected chi connectivity index (χ3v) is 7.22. The number of benzene rings is 1. The molecule has 1 aliphatic carbocycles. The molecule has 1 aromatic carbocycles. The number of aryl methyl sites for hydroxylation is 2. The number of amides is 1. The lowest BCUT2D eigenvalue weighted by Crippen LogP contribution is -2.24. The van der Waals surface area contributed by atoms with Crippen molar-refractivity contribution in [2.75, 3.05) is 5.32 Å². The maximum atomic E-state index is 14.0. The lowest BCUT2D eigenvalue weighted by molar-refractivity contribution is 0.0184. The molecule has 0 aliphatic heterocycles. The number of primary amides is 1. The summed E-state index contributed by atoms with van der Waals surface area (Å²) < 4.78 is 14.0. The quantitative estimate of drug-likeness (QED) is 0.443. The molecule has 0 bridgehead atoms. The van der Waals surface area contributed by atoms with Gasteiger partial charge in [-0.3, -0.25) is 4.79 Å². The number of halogens is 1. The Labute approximate surface area is 183 Å². The largest absolute Gasteiger partial charge is 0.390 e. The van der Waals surface area contributed by atoms with Gasteiger partial charge in [-0.25, -0.2) is 14.4 Å². The van der Waals surface area contributed by atoms with Crippen LogP contribution in [-0.2, 0) is 6.42 Å². The molecule has 4 rings (SSSR count). The molecule has 0 spiro atoms. The monoisotopic (exact) mass is 444 g/mol. The van der Waals surface area contributed by atoms with Gasteiger partial charge in [0.25, 0.3) is 5.91 Å². The van der Waals surface area contributed by atoms with Crippen molar-refractivity contribution in [3.8, 4) is 0 Å². The molecular weight excluding hydrogens is 419 g/mol. The van der Waals surface area contributed by atoms with Gasteiger partial charge in [0.15, 0.2) is 0 Å². The van der Waals surface area contributed by atoms with E-state index in [9.17, 15) is 19.4 Å². The van der Waals surface area contributed by atoms with Crippen LogP contribution < -0.4 is 11.1 Å². The molecule has 0 saturated heterocycles. The fourth-order valence-electron chi connectivity index (χ4n) is 4.33. The number of aromatic nitrogens is 2. The molecule has 1 fully saturated rings. The molecule has 31 heavy (non-hydrogen) atoms. The summed E-state index contributed by atoms with van der Waals surface area (Å²) in [6.45, 7) is 1.81. The van der Waals surface area contributed by atoms with E-state index in [2.05, 4.69) is 15.3 Å². The third kappa shape index (κ3) is 4.39. The molecule has 5 N–H and O–H groups in total. The Morgan fingerprint density at radius 3 is 2.84 bits per heavy atom. The number of rotatable bonds is 7. The Morgan fingerprint density at radius 2 is 2.13 bits per heavy atom. The Morgan fingerprint density at radius 1 is 1.32 bits per heavy atom. The number of thiophene rings is 1. The number of nitrogens with zero attached hydrogens (tertiary/aromatic N) is 2. The van der Waals surface area contributed by atoms with Gasteiger partial charge in [-0.05, 0) is 74.3 Å². The molecule has 1 aliphatic rings. The predicted octanol–water partition coefficient (Wildman–Crippen LogP) is 3.44. The van der Waals surface area contributed by atoms with Crippen LogP contribution in [0.15, 0.2) is 24.5 Å². The first-order valence-electron chi connectivity index (χ1n) is 10.3. The number of anilines is 2. The molecule has 1 saturated carbocycles. The first kappa shape index (κ1) is 21.6. The second-order valence-corrected chi connectivity index (χ2v) is 9.04. The molecule has 7 nitrogen and oxygen atoms in total. The van der Waals surface area contributed by atoms with Gasteiger partial charge in [-0.15, -0.1) is 11.3 Å². The number of carbonyl (C=O) groups excluding carboxylic acids is 1. The van der Waals surface area contributed by atoms with Crippen LogP contribution in [0.5, 0.6) is 0 Å². The van der Waals surface area contributed by atoms with Crippen LogP contribution in [0.25, 0.3) is 10.2 Å². The summed E-state index contributed by atoms with van der Waals surface area (Å²) in [5.41, 5.74) is 7.71. The third-order valence-electron chi connectivity index (χ3n) is 6.00. The highest BCUT2D eigenvalue weighted by Crippen LogP contribution is 2.35. The number of carbonyl (C=O) groups is 1. The molecule has 3 aromatic rings. The summed E-state index contributed by atoms with van der Waals surface area (Å²) in [6, 6.07) is 4.55. The minimum Gasteiger partial charge on any atom is -0.390 e. The first-order chi connectivity index (χ1) is 14.8. The summed E-state index contributed by atoms with van der Waals surface area (Å²) >= 11 is 1.22. The molecule has 9 heteroatoms. The smallest absolute Gasteiger partial charge is 0.259 e. The van der Waals surface area contributed by atoms with Gasteiger partial charge in [0.2, 0.25) is 0 Å². The van der Waals surface area contributed by atoms with Crippen LogP contribution >= 0.6 is 11.3 Å². The van der Waals surface area contributed by atoms with Crippen molar-refractivity contribution >= 4 is 39.0 Å². The first-order valence-corrected chi connectivity index (χ1v) is 11.1. The normalized spacial score (nSPS) is 21.0. The van der Waals surface area contributed by atoms with Gasteiger partial charge in [0.05, 0.1) is 22.5 Å². The zero-order valence-corrected chi connectivity index (χ0v) is 18.0. The summed E-state index contributed by atoms with van der Waals surface area (Å²) in [6.07, 6.45) is 3.65. The summed E-state index contributed by atoms with van der Waals surface area (Å²) in [7, 11) is 0. The van der Waals surface area contributed by atoms with Crippen LogP contribution in [0, 0.1) is 18.7 Å². The van der Waals surface area contributed by atoms with Crippen molar-refractivity contribution in [3.05, 3.63) is 46.3 Å². The van der Waals surface area contributed by atoms with E-state index in [0.717, 1.165) is 35.9 Å². The van der Waals surface area contributed by atoms with Crippen LogP contribution in [0.4, 0.5) is 15.9 Å². The zero-order chi connectivity index (χ0) is 22.1. The van der Waals surface area contributed by atoms with Crippen LogP contribution in [-0.4, -0.2) is 38.3 Å². The van der Waals surface area contributed by atoms with Gasteiger partial charge in [0.1, 0.15) is 22.8 Å². The van der Waals surface area contributed by atoms with E-state index < -0.39 is 18.1 Å². The van der Waals surface area contributed by atoms with Crippen LogP contribution in [0.3, 0.4) is 0 Å². The van der Waals surface area contributed by atoms with E-state index in [1.807, 2.05) is 0 Å². The van der Waals surface area contributed by atoms with E-state index >= 15 is 0 Å². The van der Waals surface area contributed by atoms with Gasteiger partial charge >= 0.3 is 0 Å². The van der Waals surface area contributed by atoms with E-state index in [-0.39, 0.29) is 11.7 Å². The summed E-state index contributed by atoms with van der Waals surface area (Å²) in [5.74, 6) is -0.226. The Kier molecular flexibility index (Phi) is 6.17. The van der Waals surface area contributed by atoms with E-state index in [0.29, 0.717) is 33.9 Å². The van der Waals surface area contributed by atoms with Gasteiger partial charge < -0.3 is 21.3 Å². The highest BCUT2D eigenvalue weighted by Gasteiger charge is 2.32. The molecular formula is C22H25FN4O3S. The highest BCUT2D eigenvalue weighted by molar-refractivity contribution is 7.20. The number of hydrogen-bond acceptors (Lipinski definition) is 7. The molecule has 0 radical (unpaired) electrons. The molecule has 1 amide bonds. The number of hydrogen-bond donors (Lipinski definition) is 4. The van der Waals surface area contributed by atoms with Gasteiger partial charge in [0, 0.05) is 5.69 Å². The van der Waals surface area contributed by atoms with Crippen LogP contribution in [0.1, 0.15) is 46.5 Å². The molecule has 164 valence electrons. The van der Waals surface area contributed by atoms with E-state index in [1.54, 1.807) is 13.0 Å². The van der Waals surface area contributed by atoms with Gasteiger partial charge in [-0.2, -0.15) is 0 Å². The number of fused-ring (bicyclic) bond motifs is 1. The Balaban J connectivity index is 1.56. The number of aliphatic hydroxyl groups excluding tert-OH is 2. The van der Waals surface area contributed by atoms with Crippen LogP contribution in [0.2, 0.25) is 0 Å². The van der Waals surface area contributed by atoms with Crippen molar-refractivity contribution in [1.29, 1.82) is 0 Å². The average molecular weight is 445 g/mol. The van der Waals surface area contributed by atoms with Crippen molar-refractivity contribution in [3.63, 3.8) is 0 Å². The number of nitrogens with two attached hydrogens (primary N) is 1. The van der Waals surface area contributed by atoms with Crippen molar-refractivity contribution in [2.45, 2.75) is 51.2 Å². The average Bonchev–Trinajstić information content (AvgIpc) is 3.25. The summed E-state index contributed by atoms with van der Waals surface area (Å²) in [5, 5.41) is 23.8. The molecule has 1 unspecified atom stereocenters. The second kappa shape index (κ2) is 8.86. The predicted molar refractivity (Wildman–Crippen MR) is 118 cm³/mol. The van der Waals surface area contributed by atoms with Gasteiger partial charge in [-0.1, -0.05) is 0 Å². The molecule has 3 atom stereocenters. The number of aliphatic hydroxyl groups is 2. The lowest BCUT2D eigenvalue weighted by atomic mass is 9.96. The molecule has 2 heterocycles. The topological polar surface area (TPSA) is 121 Å².